The smallest absolute Gasteiger partial charge is 0.250 e. The zero-order valence-corrected chi connectivity index (χ0v) is 12.5. The molecule has 1 fully saturated rings. The zero-order valence-electron chi connectivity index (χ0n) is 10.9. The maximum absolute atomic E-state index is 11.9. The van der Waals surface area contributed by atoms with Crippen LogP contribution in [0.2, 0.25) is 5.15 Å². The van der Waals surface area contributed by atoms with E-state index in [1.807, 2.05) is 4.90 Å². The SMILES string of the molecule is CCS(=O)(=O)c1nc(Cl)c(C)c(N2CCOCC2)n1. The van der Waals surface area contributed by atoms with Gasteiger partial charge in [-0.15, -0.1) is 0 Å². The van der Waals surface area contributed by atoms with Gasteiger partial charge in [-0.2, -0.15) is 0 Å². The number of hydrogen-bond acceptors (Lipinski definition) is 6. The van der Waals surface area contributed by atoms with Crippen molar-refractivity contribution in [2.45, 2.75) is 19.0 Å². The van der Waals surface area contributed by atoms with Gasteiger partial charge in [-0.25, -0.2) is 18.4 Å². The van der Waals surface area contributed by atoms with Crippen LogP contribution in [0.4, 0.5) is 5.82 Å². The van der Waals surface area contributed by atoms with Crippen molar-refractivity contribution in [3.63, 3.8) is 0 Å². The van der Waals surface area contributed by atoms with E-state index in [-0.39, 0.29) is 16.1 Å². The number of anilines is 1. The topological polar surface area (TPSA) is 72.4 Å². The maximum atomic E-state index is 11.9. The molecule has 1 aromatic rings. The first-order valence-electron chi connectivity index (χ1n) is 6.05. The Kier molecular flexibility index (Phi) is 4.27. The van der Waals surface area contributed by atoms with Crippen molar-refractivity contribution in [3.8, 4) is 0 Å². The molecule has 0 atom stereocenters. The van der Waals surface area contributed by atoms with Gasteiger partial charge in [0.2, 0.25) is 15.0 Å². The van der Waals surface area contributed by atoms with E-state index >= 15 is 0 Å². The normalized spacial score (nSPS) is 16.7. The van der Waals surface area contributed by atoms with Crippen molar-refractivity contribution < 1.29 is 13.2 Å². The van der Waals surface area contributed by atoms with Crippen molar-refractivity contribution in [2.75, 3.05) is 37.0 Å². The maximum Gasteiger partial charge on any atom is 0.250 e. The molecule has 0 amide bonds. The van der Waals surface area contributed by atoms with Crippen LogP contribution in [0.3, 0.4) is 0 Å². The molecule has 1 aliphatic rings. The minimum atomic E-state index is -3.46. The molecule has 0 spiro atoms. The van der Waals surface area contributed by atoms with Crippen LogP contribution >= 0.6 is 11.6 Å². The van der Waals surface area contributed by atoms with Gasteiger partial charge in [0, 0.05) is 18.7 Å². The van der Waals surface area contributed by atoms with Gasteiger partial charge in [0.15, 0.2) is 0 Å². The first kappa shape index (κ1) is 14.5. The van der Waals surface area contributed by atoms with E-state index in [9.17, 15) is 8.42 Å². The van der Waals surface area contributed by atoms with Crippen LogP contribution in [0.1, 0.15) is 12.5 Å². The molecular weight excluding hydrogens is 290 g/mol. The molecule has 6 nitrogen and oxygen atoms in total. The molecule has 0 aliphatic carbocycles. The molecule has 0 radical (unpaired) electrons. The zero-order chi connectivity index (χ0) is 14.0. The minimum Gasteiger partial charge on any atom is -0.378 e. The van der Waals surface area contributed by atoms with Gasteiger partial charge in [0.25, 0.3) is 0 Å². The second kappa shape index (κ2) is 5.60. The van der Waals surface area contributed by atoms with E-state index < -0.39 is 9.84 Å². The standard InChI is InChI=1S/C11H16ClN3O3S/c1-3-19(16,17)11-13-9(12)8(2)10(14-11)15-4-6-18-7-5-15/h3-7H2,1-2H3. The monoisotopic (exact) mass is 305 g/mol. The van der Waals surface area contributed by atoms with E-state index in [1.54, 1.807) is 13.8 Å². The van der Waals surface area contributed by atoms with Crippen molar-refractivity contribution in [1.29, 1.82) is 0 Å². The number of ether oxygens (including phenoxy) is 1. The van der Waals surface area contributed by atoms with Crippen LogP contribution in [0.5, 0.6) is 0 Å². The highest BCUT2D eigenvalue weighted by Gasteiger charge is 2.23. The Bertz CT molecular complexity index is 571. The summed E-state index contributed by atoms with van der Waals surface area (Å²) in [6, 6.07) is 0. The molecule has 0 unspecified atom stereocenters. The van der Waals surface area contributed by atoms with Crippen molar-refractivity contribution in [2.24, 2.45) is 0 Å². The number of sulfone groups is 1. The fraction of sp³-hybridized carbons (Fsp3) is 0.636. The molecule has 0 N–H and O–H groups in total. The van der Waals surface area contributed by atoms with E-state index in [4.69, 9.17) is 16.3 Å². The third kappa shape index (κ3) is 2.98. The van der Waals surface area contributed by atoms with Gasteiger partial charge >= 0.3 is 0 Å². The largest absolute Gasteiger partial charge is 0.378 e. The average Bonchev–Trinajstić information content (AvgIpc) is 2.42. The van der Waals surface area contributed by atoms with Crippen LogP contribution in [-0.4, -0.2) is 50.4 Å². The first-order valence-corrected chi connectivity index (χ1v) is 8.08. The Balaban J connectivity index is 2.48. The lowest BCUT2D eigenvalue weighted by Gasteiger charge is -2.29. The third-order valence-corrected chi connectivity index (χ3v) is 4.88. The summed E-state index contributed by atoms with van der Waals surface area (Å²) in [7, 11) is -3.46. The van der Waals surface area contributed by atoms with E-state index in [0.29, 0.717) is 37.7 Å². The van der Waals surface area contributed by atoms with Gasteiger partial charge in [-0.05, 0) is 6.92 Å². The van der Waals surface area contributed by atoms with E-state index in [2.05, 4.69) is 9.97 Å². The van der Waals surface area contributed by atoms with Crippen LogP contribution in [0.15, 0.2) is 5.16 Å². The summed E-state index contributed by atoms with van der Waals surface area (Å²) in [4.78, 5) is 10.0. The first-order chi connectivity index (χ1) is 8.95. The number of aromatic nitrogens is 2. The second-order valence-electron chi connectivity index (χ2n) is 4.25. The molecule has 0 bridgehead atoms. The lowest BCUT2D eigenvalue weighted by molar-refractivity contribution is 0.122. The van der Waals surface area contributed by atoms with Gasteiger partial charge in [-0.3, -0.25) is 0 Å². The van der Waals surface area contributed by atoms with Crippen LogP contribution in [-0.2, 0) is 14.6 Å². The summed E-state index contributed by atoms with van der Waals surface area (Å²) in [6.45, 7) is 5.86. The van der Waals surface area contributed by atoms with Crippen molar-refractivity contribution >= 4 is 27.3 Å². The highest BCUT2D eigenvalue weighted by atomic mass is 35.5. The summed E-state index contributed by atoms with van der Waals surface area (Å²) in [5, 5.41) is -0.0180. The second-order valence-corrected chi connectivity index (χ2v) is 6.78. The lowest BCUT2D eigenvalue weighted by Crippen LogP contribution is -2.37. The van der Waals surface area contributed by atoms with Crippen molar-refractivity contribution in [1.82, 2.24) is 9.97 Å². The third-order valence-electron chi connectivity index (χ3n) is 3.01. The quantitative estimate of drug-likeness (QED) is 0.614. The summed E-state index contributed by atoms with van der Waals surface area (Å²) in [5.74, 6) is 0.532. The van der Waals surface area contributed by atoms with Gasteiger partial charge in [0.1, 0.15) is 11.0 Å². The van der Waals surface area contributed by atoms with E-state index in [0.717, 1.165) is 0 Å². The highest BCUT2D eigenvalue weighted by molar-refractivity contribution is 7.91. The van der Waals surface area contributed by atoms with Crippen LogP contribution in [0.25, 0.3) is 0 Å². The molecule has 2 heterocycles. The van der Waals surface area contributed by atoms with Crippen LogP contribution in [0, 0.1) is 6.92 Å². The number of halogens is 1. The minimum absolute atomic E-state index is 0.0467. The predicted molar refractivity (Wildman–Crippen MR) is 72.5 cm³/mol. The Hall–Kier alpha value is -0.920. The fourth-order valence-corrected chi connectivity index (χ4v) is 2.74. The molecule has 2 rings (SSSR count). The Morgan fingerprint density at radius 3 is 2.53 bits per heavy atom. The molecule has 19 heavy (non-hydrogen) atoms. The number of nitrogens with zero attached hydrogens (tertiary/aromatic N) is 3. The lowest BCUT2D eigenvalue weighted by atomic mass is 10.3. The number of rotatable bonds is 3. The fourth-order valence-electron chi connectivity index (χ4n) is 1.81. The molecule has 0 aromatic carbocycles. The Labute approximate surface area is 117 Å². The van der Waals surface area contributed by atoms with Gasteiger partial charge < -0.3 is 9.64 Å². The molecule has 106 valence electrons. The van der Waals surface area contributed by atoms with E-state index in [1.165, 1.54) is 0 Å². The summed E-state index contributed by atoms with van der Waals surface area (Å²) >= 11 is 6.03. The number of hydrogen-bond donors (Lipinski definition) is 0. The van der Waals surface area contributed by atoms with Gasteiger partial charge in [-0.1, -0.05) is 18.5 Å². The average molecular weight is 306 g/mol. The predicted octanol–water partition coefficient (Wildman–Crippen LogP) is 1.07. The Morgan fingerprint density at radius 2 is 1.95 bits per heavy atom. The summed E-state index contributed by atoms with van der Waals surface area (Å²) in [6.07, 6.45) is 0. The molecule has 0 saturated carbocycles. The Morgan fingerprint density at radius 1 is 1.32 bits per heavy atom. The van der Waals surface area contributed by atoms with Crippen LogP contribution < -0.4 is 4.90 Å². The molecule has 1 aliphatic heterocycles. The number of morpholine rings is 1. The molecular formula is C11H16ClN3O3S. The highest BCUT2D eigenvalue weighted by Crippen LogP contribution is 2.25. The van der Waals surface area contributed by atoms with Crippen molar-refractivity contribution in [3.05, 3.63) is 10.7 Å². The summed E-state index contributed by atoms with van der Waals surface area (Å²) < 4.78 is 29.0. The molecule has 8 heteroatoms. The summed E-state index contributed by atoms with van der Waals surface area (Å²) in [5.41, 5.74) is 0.693. The molecule has 1 saturated heterocycles. The van der Waals surface area contributed by atoms with Gasteiger partial charge in [0.05, 0.1) is 19.0 Å². The molecule has 1 aromatic heterocycles.